The van der Waals surface area contributed by atoms with Crippen molar-refractivity contribution in [3.8, 4) is 0 Å². The highest BCUT2D eigenvalue weighted by Crippen LogP contribution is 2.39. The van der Waals surface area contributed by atoms with E-state index in [1.807, 2.05) is 54.6 Å². The predicted octanol–water partition coefficient (Wildman–Crippen LogP) is 6.55. The Bertz CT molecular complexity index is 1560. The quantitative estimate of drug-likeness (QED) is 0.301. The average molecular weight is 390 g/mol. The molecule has 0 bridgehead atoms. The molecule has 3 aromatic carbocycles. The maximum atomic E-state index is 6.33. The van der Waals surface area contributed by atoms with Crippen molar-refractivity contribution in [3.05, 3.63) is 97.3 Å². The Morgan fingerprint density at radius 2 is 1.67 bits per heavy atom. The number of allylic oxidation sites excluding steroid dienone is 3. The van der Waals surface area contributed by atoms with Crippen molar-refractivity contribution >= 4 is 49.8 Å². The molecule has 6 rings (SSSR count). The molecule has 0 atom stereocenters. The Morgan fingerprint density at radius 3 is 2.60 bits per heavy atom. The highest BCUT2D eigenvalue weighted by molar-refractivity contribution is 6.25. The summed E-state index contributed by atoms with van der Waals surface area (Å²) >= 11 is 0. The van der Waals surface area contributed by atoms with Gasteiger partial charge in [0, 0.05) is 16.2 Å². The van der Waals surface area contributed by atoms with E-state index < -0.39 is 0 Å². The minimum atomic E-state index is 0.498. The zero-order chi connectivity index (χ0) is 20.1. The molecule has 4 heteroatoms. The van der Waals surface area contributed by atoms with Gasteiger partial charge >= 0.3 is 6.02 Å². The molecule has 1 aliphatic heterocycles. The summed E-state index contributed by atoms with van der Waals surface area (Å²) in [7, 11) is 0. The molecule has 0 amide bonds. The van der Waals surface area contributed by atoms with Gasteiger partial charge in [-0.1, -0.05) is 61.2 Å². The van der Waals surface area contributed by atoms with Gasteiger partial charge in [0.15, 0.2) is 0 Å². The lowest BCUT2D eigenvalue weighted by molar-refractivity contribution is 0.418. The molecule has 30 heavy (non-hydrogen) atoms. The lowest BCUT2D eigenvalue weighted by atomic mass is 10.1. The standard InChI is InChI=1S/C26H18N2O2/c1-17-9-3-2-8-16-27-26(29-17)28-21-12-6-4-11-20(21)24-22(28)15-14-19-18-10-5-7-13-23(18)30-25(19)24/h2-15H,1,16H2/b8-2-,9-3-,27-26?. The third kappa shape index (κ3) is 2.44. The van der Waals surface area contributed by atoms with Crippen molar-refractivity contribution in [1.82, 2.24) is 4.57 Å². The average Bonchev–Trinajstić information content (AvgIpc) is 3.32. The normalized spacial score (nSPS) is 16.9. The third-order valence-corrected chi connectivity index (χ3v) is 5.46. The number of aromatic nitrogens is 1. The molecule has 4 nitrogen and oxygen atoms in total. The summed E-state index contributed by atoms with van der Waals surface area (Å²) in [6.07, 6.45) is 7.68. The maximum absolute atomic E-state index is 6.33. The summed E-state index contributed by atoms with van der Waals surface area (Å²) in [4.78, 5) is 4.70. The molecule has 0 radical (unpaired) electrons. The fraction of sp³-hybridized carbons (Fsp3) is 0.0385. The van der Waals surface area contributed by atoms with E-state index >= 15 is 0 Å². The number of rotatable bonds is 0. The van der Waals surface area contributed by atoms with Gasteiger partial charge in [0.2, 0.25) is 0 Å². The van der Waals surface area contributed by atoms with E-state index in [9.17, 15) is 0 Å². The number of hydrogen-bond donors (Lipinski definition) is 0. The van der Waals surface area contributed by atoms with Gasteiger partial charge in [-0.15, -0.1) is 0 Å². The molecule has 0 aliphatic carbocycles. The summed E-state index contributed by atoms with van der Waals surface area (Å²) in [5.74, 6) is 0.538. The highest BCUT2D eigenvalue weighted by atomic mass is 16.5. The molecule has 2 aromatic heterocycles. The van der Waals surface area contributed by atoms with E-state index in [1.54, 1.807) is 0 Å². The van der Waals surface area contributed by atoms with Gasteiger partial charge in [0.25, 0.3) is 0 Å². The van der Waals surface area contributed by atoms with Crippen molar-refractivity contribution in [2.75, 3.05) is 6.54 Å². The zero-order valence-corrected chi connectivity index (χ0v) is 16.2. The molecule has 5 aromatic rings. The lowest BCUT2D eigenvalue weighted by Gasteiger charge is -2.12. The van der Waals surface area contributed by atoms with Gasteiger partial charge in [0.1, 0.15) is 16.9 Å². The number of benzene rings is 3. The van der Waals surface area contributed by atoms with E-state index in [-0.39, 0.29) is 0 Å². The first-order chi connectivity index (χ1) is 14.8. The molecular weight excluding hydrogens is 372 g/mol. The van der Waals surface area contributed by atoms with Crippen LogP contribution in [0.3, 0.4) is 0 Å². The number of fused-ring (bicyclic) bond motifs is 7. The van der Waals surface area contributed by atoms with Crippen LogP contribution in [0.4, 0.5) is 0 Å². The highest BCUT2D eigenvalue weighted by Gasteiger charge is 2.20. The Labute approximate surface area is 172 Å². The molecule has 1 aliphatic rings. The Balaban J connectivity index is 1.74. The first-order valence-corrected chi connectivity index (χ1v) is 9.89. The number of hydrogen-bond acceptors (Lipinski definition) is 3. The van der Waals surface area contributed by atoms with Crippen LogP contribution in [0.1, 0.15) is 0 Å². The van der Waals surface area contributed by atoms with Gasteiger partial charge < -0.3 is 9.15 Å². The van der Waals surface area contributed by atoms with Crippen LogP contribution in [-0.2, 0) is 4.74 Å². The third-order valence-electron chi connectivity index (χ3n) is 5.46. The minimum Gasteiger partial charge on any atom is -0.455 e. The van der Waals surface area contributed by atoms with Crippen LogP contribution in [0.5, 0.6) is 0 Å². The van der Waals surface area contributed by atoms with Gasteiger partial charge in [-0.3, -0.25) is 4.57 Å². The van der Waals surface area contributed by atoms with Crippen molar-refractivity contribution in [2.45, 2.75) is 0 Å². The topological polar surface area (TPSA) is 39.7 Å². The Hall–Kier alpha value is -4.05. The molecule has 0 fully saturated rings. The van der Waals surface area contributed by atoms with Crippen LogP contribution in [-0.4, -0.2) is 17.1 Å². The monoisotopic (exact) mass is 390 g/mol. The van der Waals surface area contributed by atoms with E-state index in [0.29, 0.717) is 18.3 Å². The van der Waals surface area contributed by atoms with Crippen LogP contribution < -0.4 is 0 Å². The molecule has 0 unspecified atom stereocenters. The first kappa shape index (κ1) is 16.9. The summed E-state index contributed by atoms with van der Waals surface area (Å²) in [5.41, 5.74) is 3.77. The molecule has 0 N–H and O–H groups in total. The lowest BCUT2D eigenvalue weighted by Crippen LogP contribution is -2.15. The van der Waals surface area contributed by atoms with Crippen LogP contribution in [0.2, 0.25) is 0 Å². The number of nitrogens with zero attached hydrogens (tertiary/aromatic N) is 2. The second-order valence-corrected chi connectivity index (χ2v) is 7.27. The summed E-state index contributed by atoms with van der Waals surface area (Å²) in [5, 5.41) is 4.38. The molecule has 0 saturated heterocycles. The molecule has 144 valence electrons. The van der Waals surface area contributed by atoms with Crippen molar-refractivity contribution in [2.24, 2.45) is 4.99 Å². The number of ether oxygens (including phenoxy) is 1. The molecule has 0 spiro atoms. The second kappa shape index (κ2) is 6.49. The number of furan rings is 1. The van der Waals surface area contributed by atoms with E-state index in [0.717, 1.165) is 43.7 Å². The second-order valence-electron chi connectivity index (χ2n) is 7.27. The largest absolute Gasteiger partial charge is 0.455 e. The molecule has 0 saturated carbocycles. The van der Waals surface area contributed by atoms with Gasteiger partial charge in [-0.05, 0) is 30.3 Å². The SMILES string of the molecule is C=C1/C=C\C=C/CN=C(n2c3ccccc3c3c4oc5ccccc5c4ccc32)O1. The van der Waals surface area contributed by atoms with E-state index in [4.69, 9.17) is 14.1 Å². The Kier molecular flexibility index (Phi) is 3.65. The summed E-state index contributed by atoms with van der Waals surface area (Å²) in [6.45, 7) is 4.52. The predicted molar refractivity (Wildman–Crippen MR) is 123 cm³/mol. The number of para-hydroxylation sites is 2. The maximum Gasteiger partial charge on any atom is 0.302 e. The van der Waals surface area contributed by atoms with Crippen molar-refractivity contribution in [3.63, 3.8) is 0 Å². The van der Waals surface area contributed by atoms with E-state index in [1.165, 1.54) is 0 Å². The number of aliphatic imine (C=N–C) groups is 1. The summed E-state index contributed by atoms with van der Waals surface area (Å²) < 4.78 is 14.4. The molecule has 3 heterocycles. The van der Waals surface area contributed by atoms with Crippen molar-refractivity contribution in [1.29, 1.82) is 0 Å². The van der Waals surface area contributed by atoms with Crippen LogP contribution in [0, 0.1) is 0 Å². The van der Waals surface area contributed by atoms with Crippen LogP contribution >= 0.6 is 0 Å². The summed E-state index contributed by atoms with van der Waals surface area (Å²) in [6, 6.07) is 21.1. The van der Waals surface area contributed by atoms with Gasteiger partial charge in [-0.2, -0.15) is 0 Å². The van der Waals surface area contributed by atoms with Crippen LogP contribution in [0.15, 0.2) is 107 Å². The van der Waals surface area contributed by atoms with Crippen LogP contribution in [0.25, 0.3) is 43.7 Å². The zero-order valence-electron chi connectivity index (χ0n) is 16.2. The fourth-order valence-corrected chi connectivity index (χ4v) is 4.17. The molecular formula is C26H18N2O2. The van der Waals surface area contributed by atoms with Crippen molar-refractivity contribution < 1.29 is 9.15 Å². The smallest absolute Gasteiger partial charge is 0.302 e. The van der Waals surface area contributed by atoms with E-state index in [2.05, 4.69) is 41.5 Å². The minimum absolute atomic E-state index is 0.498. The van der Waals surface area contributed by atoms with Gasteiger partial charge in [-0.25, -0.2) is 4.99 Å². The van der Waals surface area contributed by atoms with Gasteiger partial charge in [0.05, 0.1) is 23.0 Å². The Morgan fingerprint density at radius 1 is 0.833 bits per heavy atom. The first-order valence-electron chi connectivity index (χ1n) is 9.89. The fourth-order valence-electron chi connectivity index (χ4n) is 4.17.